The van der Waals surface area contributed by atoms with Gasteiger partial charge >= 0.3 is 5.97 Å². The summed E-state index contributed by atoms with van der Waals surface area (Å²) in [7, 11) is 0. The van der Waals surface area contributed by atoms with Crippen LogP contribution in [0, 0.1) is 5.82 Å². The summed E-state index contributed by atoms with van der Waals surface area (Å²) in [6, 6.07) is 14.1. The van der Waals surface area contributed by atoms with Crippen LogP contribution >= 0.6 is 0 Å². The number of para-hydroxylation sites is 1. The molecule has 3 aromatic rings. The Bertz CT molecular complexity index is 1260. The Labute approximate surface area is 239 Å². The maximum Gasteiger partial charge on any atom is 0.305 e. The molecule has 0 spiro atoms. The fourth-order valence-electron chi connectivity index (χ4n) is 4.35. The number of aliphatic hydroxyl groups excluding tert-OH is 2. The summed E-state index contributed by atoms with van der Waals surface area (Å²) < 4.78 is 23.7. The molecule has 0 amide bonds. The first kappa shape index (κ1) is 32.3. The van der Waals surface area contributed by atoms with Gasteiger partial charge in [0.2, 0.25) is 0 Å². The number of aliphatic hydroxyl groups is 2. The maximum absolute atomic E-state index is 13.6. The van der Waals surface area contributed by atoms with Crippen LogP contribution in [0.15, 0.2) is 54.6 Å². The highest BCUT2D eigenvalue weighted by Gasteiger charge is 2.29. The summed E-state index contributed by atoms with van der Waals surface area (Å²) in [4.78, 5) is 15.6. The Balaban J connectivity index is 0.000000397. The SMILES string of the molecule is NCCOCCOCCN.O=C(O)C[C@H](O)C[C@H](O)/C=C/c1c(C2CC2)nc2ccccc2c1-c1ccc(F)cc1. The molecule has 4 rings (SSSR count). The van der Waals surface area contributed by atoms with Crippen LogP contribution in [0.5, 0.6) is 0 Å². The lowest BCUT2D eigenvalue weighted by molar-refractivity contribution is -0.139. The summed E-state index contributed by atoms with van der Waals surface area (Å²) >= 11 is 0. The monoisotopic (exact) mass is 569 g/mol. The van der Waals surface area contributed by atoms with Gasteiger partial charge in [0.05, 0.1) is 56.3 Å². The average Bonchev–Trinajstić information content (AvgIpc) is 3.79. The number of pyridine rings is 1. The minimum atomic E-state index is -1.13. The molecule has 1 heterocycles. The topological polar surface area (TPSA) is 161 Å². The van der Waals surface area contributed by atoms with E-state index in [9.17, 15) is 19.4 Å². The molecular weight excluding hydrogens is 529 g/mol. The van der Waals surface area contributed by atoms with Crippen LogP contribution < -0.4 is 11.5 Å². The van der Waals surface area contributed by atoms with Crippen LogP contribution in [0.4, 0.5) is 4.39 Å². The van der Waals surface area contributed by atoms with Crippen molar-refractivity contribution in [1.29, 1.82) is 0 Å². The number of nitrogens with two attached hydrogens (primary N) is 2. The van der Waals surface area contributed by atoms with Crippen LogP contribution in [0.25, 0.3) is 28.1 Å². The molecule has 10 heteroatoms. The number of nitrogens with zero attached hydrogens (tertiary/aromatic N) is 1. The van der Waals surface area contributed by atoms with Crippen LogP contribution in [0.3, 0.4) is 0 Å². The first-order valence-electron chi connectivity index (χ1n) is 13.8. The van der Waals surface area contributed by atoms with Gasteiger partial charge in [-0.1, -0.05) is 42.5 Å². The van der Waals surface area contributed by atoms with Crippen LogP contribution in [0.2, 0.25) is 0 Å². The Morgan fingerprint density at radius 2 is 1.63 bits per heavy atom. The van der Waals surface area contributed by atoms with Crippen molar-refractivity contribution in [3.8, 4) is 11.1 Å². The van der Waals surface area contributed by atoms with E-state index in [2.05, 4.69) is 0 Å². The molecule has 1 aliphatic carbocycles. The summed E-state index contributed by atoms with van der Waals surface area (Å²) in [5.41, 5.74) is 14.8. The van der Waals surface area contributed by atoms with E-state index in [0.29, 0.717) is 45.4 Å². The molecule has 0 radical (unpaired) electrons. The molecule has 0 bridgehead atoms. The van der Waals surface area contributed by atoms with E-state index < -0.39 is 24.6 Å². The Morgan fingerprint density at radius 1 is 1.00 bits per heavy atom. The highest BCUT2D eigenvalue weighted by Crippen LogP contribution is 2.45. The third-order valence-electron chi connectivity index (χ3n) is 6.36. The number of benzene rings is 2. The van der Waals surface area contributed by atoms with Crippen molar-refractivity contribution in [3.05, 3.63) is 71.7 Å². The highest BCUT2D eigenvalue weighted by molar-refractivity contribution is 5.99. The van der Waals surface area contributed by atoms with Crippen molar-refractivity contribution in [1.82, 2.24) is 4.98 Å². The van der Waals surface area contributed by atoms with Gasteiger partial charge in [-0.05, 0) is 36.6 Å². The van der Waals surface area contributed by atoms with Crippen LogP contribution in [-0.4, -0.2) is 78.0 Å². The quantitative estimate of drug-likeness (QED) is 0.173. The van der Waals surface area contributed by atoms with Gasteiger partial charge < -0.3 is 36.3 Å². The van der Waals surface area contributed by atoms with Crippen molar-refractivity contribution in [2.75, 3.05) is 39.5 Å². The van der Waals surface area contributed by atoms with Gasteiger partial charge in [0.1, 0.15) is 5.82 Å². The second-order valence-corrected chi connectivity index (χ2v) is 9.80. The molecule has 0 saturated heterocycles. The third-order valence-corrected chi connectivity index (χ3v) is 6.36. The molecule has 7 N–H and O–H groups in total. The average molecular weight is 570 g/mol. The molecule has 1 saturated carbocycles. The van der Waals surface area contributed by atoms with Crippen molar-refractivity contribution in [3.63, 3.8) is 0 Å². The number of fused-ring (bicyclic) bond motifs is 1. The van der Waals surface area contributed by atoms with E-state index in [1.165, 1.54) is 12.1 Å². The molecule has 9 nitrogen and oxygen atoms in total. The standard InChI is InChI=1S/C25H24FNO4.C6H16N2O2/c26-17-9-7-15(8-10-17)24-20-3-1-2-4-22(20)27-25(16-5-6-16)21(24)12-11-18(28)13-19(29)14-23(30)31;7-1-3-9-5-6-10-4-2-8/h1-4,7-12,16,18-19,28-29H,5-6,13-14H2,(H,30,31);1-8H2/b12-11+;/t18-,19-;/m1./s1. The third kappa shape index (κ3) is 10.6. The first-order valence-corrected chi connectivity index (χ1v) is 13.8. The van der Waals surface area contributed by atoms with Crippen molar-refractivity contribution in [2.24, 2.45) is 11.5 Å². The van der Waals surface area contributed by atoms with Crippen LogP contribution in [0.1, 0.15) is 42.9 Å². The zero-order valence-electron chi connectivity index (χ0n) is 23.1. The smallest absolute Gasteiger partial charge is 0.305 e. The van der Waals surface area contributed by atoms with Crippen molar-refractivity contribution >= 4 is 22.9 Å². The van der Waals surface area contributed by atoms with E-state index in [1.54, 1.807) is 24.3 Å². The minimum absolute atomic E-state index is 0.0749. The zero-order valence-corrected chi connectivity index (χ0v) is 23.1. The molecule has 1 aliphatic rings. The fraction of sp³-hybridized carbons (Fsp3) is 0.419. The first-order chi connectivity index (χ1) is 19.8. The van der Waals surface area contributed by atoms with E-state index >= 15 is 0 Å². The van der Waals surface area contributed by atoms with Crippen molar-refractivity contribution < 1.29 is 34.0 Å². The van der Waals surface area contributed by atoms with Gasteiger partial charge in [0.25, 0.3) is 0 Å². The number of carbonyl (C=O) groups is 1. The number of rotatable bonds is 15. The van der Waals surface area contributed by atoms with E-state index in [4.69, 9.17) is 31.0 Å². The molecule has 1 fully saturated rings. The summed E-state index contributed by atoms with van der Waals surface area (Å²) in [6.07, 6.45) is 2.80. The Hall–Kier alpha value is -3.25. The normalized spacial score (nSPS) is 14.6. The zero-order chi connectivity index (χ0) is 29.6. The summed E-state index contributed by atoms with van der Waals surface area (Å²) in [6.45, 7) is 3.56. The van der Waals surface area contributed by atoms with Gasteiger partial charge in [-0.25, -0.2) is 4.39 Å². The molecule has 0 aliphatic heterocycles. The minimum Gasteiger partial charge on any atom is -0.481 e. The largest absolute Gasteiger partial charge is 0.481 e. The molecule has 2 aromatic carbocycles. The van der Waals surface area contributed by atoms with E-state index in [0.717, 1.165) is 46.1 Å². The number of carboxylic acids is 1. The van der Waals surface area contributed by atoms with Crippen molar-refractivity contribution in [2.45, 2.75) is 43.8 Å². The lowest BCUT2D eigenvalue weighted by Gasteiger charge is -2.16. The van der Waals surface area contributed by atoms with E-state index in [-0.39, 0.29) is 12.2 Å². The molecule has 222 valence electrons. The molecular formula is C31H40FN3O6. The number of halogens is 1. The molecule has 41 heavy (non-hydrogen) atoms. The summed E-state index contributed by atoms with van der Waals surface area (Å²) in [5.74, 6) is -1.10. The Morgan fingerprint density at radius 3 is 2.22 bits per heavy atom. The fourth-order valence-corrected chi connectivity index (χ4v) is 4.35. The van der Waals surface area contributed by atoms with Gasteiger partial charge in [0, 0.05) is 41.9 Å². The number of carboxylic acid groups (broad SMARTS) is 1. The maximum atomic E-state index is 13.6. The van der Waals surface area contributed by atoms with Gasteiger partial charge in [-0.3, -0.25) is 9.78 Å². The number of aliphatic carboxylic acids is 1. The van der Waals surface area contributed by atoms with Gasteiger partial charge in [-0.2, -0.15) is 0 Å². The lowest BCUT2D eigenvalue weighted by Crippen LogP contribution is -2.19. The number of aromatic nitrogens is 1. The van der Waals surface area contributed by atoms with Crippen LogP contribution in [-0.2, 0) is 14.3 Å². The predicted molar refractivity (Wildman–Crippen MR) is 157 cm³/mol. The molecule has 0 unspecified atom stereocenters. The second-order valence-electron chi connectivity index (χ2n) is 9.80. The number of ether oxygens (including phenoxy) is 2. The number of hydrogen-bond donors (Lipinski definition) is 5. The van der Waals surface area contributed by atoms with E-state index in [1.807, 2.05) is 24.3 Å². The summed E-state index contributed by atoms with van der Waals surface area (Å²) in [5, 5.41) is 29.9. The molecule has 1 aromatic heterocycles. The Kier molecular flexibility index (Phi) is 13.3. The second kappa shape index (κ2) is 16.9. The lowest BCUT2D eigenvalue weighted by atomic mass is 9.92. The highest BCUT2D eigenvalue weighted by atomic mass is 19.1. The molecule has 2 atom stereocenters. The predicted octanol–water partition coefficient (Wildman–Crippen LogP) is 3.46. The van der Waals surface area contributed by atoms with Gasteiger partial charge in [-0.15, -0.1) is 0 Å². The van der Waals surface area contributed by atoms with Gasteiger partial charge in [0.15, 0.2) is 0 Å². The number of hydrogen-bond acceptors (Lipinski definition) is 8.